The number of rotatable bonds is 7. The molecule has 176 valence electrons. The highest BCUT2D eigenvalue weighted by Crippen LogP contribution is 2.30. The number of nitrogens with zero attached hydrogens (tertiary/aromatic N) is 3. The number of thioether (sulfide) groups is 1. The van der Waals surface area contributed by atoms with Crippen LogP contribution in [0.2, 0.25) is 0 Å². The van der Waals surface area contributed by atoms with Crippen LogP contribution in [0.4, 0.5) is 10.1 Å². The predicted molar refractivity (Wildman–Crippen MR) is 140 cm³/mol. The van der Waals surface area contributed by atoms with Crippen molar-refractivity contribution in [2.24, 2.45) is 0 Å². The van der Waals surface area contributed by atoms with Crippen molar-refractivity contribution >= 4 is 55.1 Å². The summed E-state index contributed by atoms with van der Waals surface area (Å²) in [7, 11) is 0. The number of fused-ring (bicyclic) bond motifs is 3. The Morgan fingerprint density at radius 1 is 1.09 bits per heavy atom. The van der Waals surface area contributed by atoms with Crippen LogP contribution in [0.5, 0.6) is 0 Å². The first-order valence-electron chi connectivity index (χ1n) is 11.1. The van der Waals surface area contributed by atoms with Gasteiger partial charge in [-0.3, -0.25) is 14.2 Å². The molecule has 0 spiro atoms. The molecule has 0 bridgehead atoms. The molecule has 3 aromatic heterocycles. The third-order valence-corrected chi connectivity index (χ3v) is 7.62. The van der Waals surface area contributed by atoms with Crippen LogP contribution >= 0.6 is 23.1 Å². The fraction of sp³-hybridized carbons (Fsp3) is 0.154. The summed E-state index contributed by atoms with van der Waals surface area (Å²) in [4.78, 5) is 36.0. The fourth-order valence-corrected chi connectivity index (χ4v) is 5.54. The summed E-state index contributed by atoms with van der Waals surface area (Å²) in [6.45, 7) is 2.29. The Balaban J connectivity index is 1.47. The number of aryl methyl sites for hydroxylation is 1. The van der Waals surface area contributed by atoms with Gasteiger partial charge in [0.25, 0.3) is 5.56 Å². The van der Waals surface area contributed by atoms with E-state index in [1.807, 2.05) is 36.4 Å². The summed E-state index contributed by atoms with van der Waals surface area (Å²) in [5.74, 6) is -0.459. The lowest BCUT2D eigenvalue weighted by Crippen LogP contribution is -2.24. The normalized spacial score (nSPS) is 11.3. The maximum atomic E-state index is 13.5. The Hall–Kier alpha value is -3.56. The van der Waals surface area contributed by atoms with Gasteiger partial charge < -0.3 is 5.32 Å². The van der Waals surface area contributed by atoms with Crippen LogP contribution in [-0.2, 0) is 17.8 Å². The zero-order valence-corrected chi connectivity index (χ0v) is 20.5. The van der Waals surface area contributed by atoms with E-state index in [4.69, 9.17) is 4.98 Å². The van der Waals surface area contributed by atoms with Crippen molar-refractivity contribution in [1.29, 1.82) is 0 Å². The molecule has 6 nitrogen and oxygen atoms in total. The zero-order valence-electron chi connectivity index (χ0n) is 18.8. The summed E-state index contributed by atoms with van der Waals surface area (Å²) < 4.78 is 15.5. The van der Waals surface area contributed by atoms with E-state index in [2.05, 4.69) is 17.2 Å². The van der Waals surface area contributed by atoms with Crippen LogP contribution in [0.25, 0.3) is 20.4 Å². The van der Waals surface area contributed by atoms with Crippen LogP contribution < -0.4 is 10.9 Å². The zero-order chi connectivity index (χ0) is 24.4. The minimum absolute atomic E-state index is 0.0806. The maximum absolute atomic E-state index is 13.5. The monoisotopic (exact) mass is 504 g/mol. The number of thiophene rings is 1. The number of carbonyl (C=O) groups is 1. The Kier molecular flexibility index (Phi) is 6.61. The summed E-state index contributed by atoms with van der Waals surface area (Å²) in [6.07, 6.45) is 2.61. The molecule has 0 fully saturated rings. The lowest BCUT2D eigenvalue weighted by atomic mass is 10.1. The largest absolute Gasteiger partial charge is 0.325 e. The van der Waals surface area contributed by atoms with Crippen molar-refractivity contribution in [3.8, 4) is 0 Å². The highest BCUT2D eigenvalue weighted by atomic mass is 32.2. The lowest BCUT2D eigenvalue weighted by Gasteiger charge is -2.12. The van der Waals surface area contributed by atoms with Crippen LogP contribution in [0.3, 0.4) is 0 Å². The number of aromatic nitrogens is 3. The molecule has 1 N–H and O–H groups in total. The van der Waals surface area contributed by atoms with Gasteiger partial charge in [-0.05, 0) is 53.9 Å². The van der Waals surface area contributed by atoms with Gasteiger partial charge in [-0.1, -0.05) is 43.0 Å². The first-order valence-corrected chi connectivity index (χ1v) is 12.9. The van der Waals surface area contributed by atoms with E-state index in [0.29, 0.717) is 15.4 Å². The minimum Gasteiger partial charge on any atom is -0.325 e. The number of nitrogens with one attached hydrogen (secondary N) is 1. The third-order valence-electron chi connectivity index (χ3n) is 5.55. The van der Waals surface area contributed by atoms with Crippen LogP contribution in [-0.4, -0.2) is 26.2 Å². The highest BCUT2D eigenvalue weighted by Gasteiger charge is 2.18. The first-order chi connectivity index (χ1) is 17.0. The number of amides is 1. The molecule has 0 saturated carbocycles. The standard InChI is InChI=1S/C26H21FN4O2S2/c1-2-16-7-11-19(12-8-16)29-21(32)15-34-26-30-22-20-4-3-13-28-24(20)35-23(22)25(33)31(26)14-17-5-9-18(27)10-6-17/h3-13H,2,14-15H2,1H3,(H,29,32). The summed E-state index contributed by atoms with van der Waals surface area (Å²) >= 11 is 2.49. The van der Waals surface area contributed by atoms with E-state index in [1.54, 1.807) is 22.9 Å². The minimum atomic E-state index is -0.344. The molecule has 0 atom stereocenters. The number of hydrogen-bond donors (Lipinski definition) is 1. The van der Waals surface area contributed by atoms with E-state index in [9.17, 15) is 14.0 Å². The Bertz CT molecular complexity index is 1580. The second-order valence-electron chi connectivity index (χ2n) is 7.94. The molecule has 9 heteroatoms. The molecule has 0 radical (unpaired) electrons. The number of anilines is 1. The van der Waals surface area contributed by atoms with Gasteiger partial charge in [-0.15, -0.1) is 11.3 Å². The van der Waals surface area contributed by atoms with E-state index in [0.717, 1.165) is 27.9 Å². The Morgan fingerprint density at radius 3 is 2.57 bits per heavy atom. The molecule has 35 heavy (non-hydrogen) atoms. The number of halogens is 1. The number of benzene rings is 2. The van der Waals surface area contributed by atoms with Crippen LogP contribution in [0.1, 0.15) is 18.1 Å². The second-order valence-corrected chi connectivity index (χ2v) is 9.88. The van der Waals surface area contributed by atoms with Crippen LogP contribution in [0, 0.1) is 5.82 Å². The second kappa shape index (κ2) is 9.97. The van der Waals surface area contributed by atoms with Gasteiger partial charge in [0, 0.05) is 17.3 Å². The van der Waals surface area contributed by atoms with Crippen molar-refractivity contribution in [3.05, 3.63) is 94.2 Å². The number of hydrogen-bond acceptors (Lipinski definition) is 6. The van der Waals surface area contributed by atoms with Crippen molar-refractivity contribution in [2.45, 2.75) is 25.0 Å². The molecular weight excluding hydrogens is 483 g/mol. The Morgan fingerprint density at radius 2 is 1.83 bits per heavy atom. The van der Waals surface area contributed by atoms with Gasteiger partial charge >= 0.3 is 0 Å². The van der Waals surface area contributed by atoms with Crippen LogP contribution in [0.15, 0.2) is 76.8 Å². The molecule has 0 aliphatic carbocycles. The van der Waals surface area contributed by atoms with Gasteiger partial charge in [0.15, 0.2) is 5.16 Å². The Labute approximate surface area is 208 Å². The predicted octanol–water partition coefficient (Wildman–Crippen LogP) is 5.49. The number of pyridine rings is 1. The van der Waals surface area contributed by atoms with Crippen molar-refractivity contribution in [3.63, 3.8) is 0 Å². The van der Waals surface area contributed by atoms with E-state index >= 15 is 0 Å². The number of carbonyl (C=O) groups excluding carboxylic acids is 1. The SMILES string of the molecule is CCc1ccc(NC(=O)CSc2nc3c(sc4ncccc43)c(=O)n2Cc2ccc(F)cc2)cc1. The van der Waals surface area contributed by atoms with Gasteiger partial charge in [-0.2, -0.15) is 0 Å². The van der Waals surface area contributed by atoms with Gasteiger partial charge in [0.2, 0.25) is 5.91 Å². The molecule has 3 heterocycles. The quantitative estimate of drug-likeness (QED) is 0.234. The van der Waals surface area contributed by atoms with Crippen molar-refractivity contribution < 1.29 is 9.18 Å². The average Bonchev–Trinajstić information content (AvgIpc) is 3.25. The molecule has 0 aliphatic heterocycles. The van der Waals surface area contributed by atoms with Gasteiger partial charge in [0.1, 0.15) is 15.3 Å². The highest BCUT2D eigenvalue weighted by molar-refractivity contribution is 7.99. The summed E-state index contributed by atoms with van der Waals surface area (Å²) in [5, 5.41) is 4.12. The maximum Gasteiger partial charge on any atom is 0.272 e. The van der Waals surface area contributed by atoms with E-state index in [1.165, 1.54) is 40.8 Å². The molecular formula is C26H21FN4O2S2. The van der Waals surface area contributed by atoms with E-state index in [-0.39, 0.29) is 29.6 Å². The third kappa shape index (κ3) is 4.96. The van der Waals surface area contributed by atoms with Crippen molar-refractivity contribution in [1.82, 2.24) is 14.5 Å². The molecule has 1 amide bonds. The average molecular weight is 505 g/mol. The smallest absolute Gasteiger partial charge is 0.272 e. The van der Waals surface area contributed by atoms with Gasteiger partial charge in [0.05, 0.1) is 17.8 Å². The molecule has 0 unspecified atom stereocenters. The molecule has 2 aromatic carbocycles. The first kappa shape index (κ1) is 23.2. The summed E-state index contributed by atoms with van der Waals surface area (Å²) in [6, 6.07) is 17.4. The van der Waals surface area contributed by atoms with Gasteiger partial charge in [-0.25, -0.2) is 14.4 Å². The molecule has 0 saturated heterocycles. The topological polar surface area (TPSA) is 76.9 Å². The molecule has 0 aliphatic rings. The molecule has 5 rings (SSSR count). The summed E-state index contributed by atoms with van der Waals surface area (Å²) in [5.41, 5.74) is 3.04. The van der Waals surface area contributed by atoms with Crippen molar-refractivity contribution in [2.75, 3.05) is 11.1 Å². The lowest BCUT2D eigenvalue weighted by molar-refractivity contribution is -0.113. The molecule has 5 aromatic rings. The fourth-order valence-electron chi connectivity index (χ4n) is 3.71. The van der Waals surface area contributed by atoms with E-state index < -0.39 is 0 Å².